The molecule has 0 heterocycles. The van der Waals surface area contributed by atoms with Gasteiger partial charge in [-0.15, -0.1) is 0 Å². The van der Waals surface area contributed by atoms with E-state index in [9.17, 15) is 13.2 Å². The van der Waals surface area contributed by atoms with Crippen LogP contribution in [0.15, 0.2) is 35.5 Å². The molecule has 0 saturated heterocycles. The van der Waals surface area contributed by atoms with Crippen LogP contribution in [-0.4, -0.2) is 34.7 Å². The number of oxime groups is 1. The highest BCUT2D eigenvalue weighted by molar-refractivity contribution is 5.83. The molecule has 118 valence electrons. The number of rotatable bonds is 6. The Balaban J connectivity index is 2.90. The van der Waals surface area contributed by atoms with E-state index in [-0.39, 0.29) is 12.6 Å². The molecule has 1 unspecified atom stereocenters. The van der Waals surface area contributed by atoms with Crippen molar-refractivity contribution in [3.8, 4) is 0 Å². The lowest BCUT2D eigenvalue weighted by Gasteiger charge is -2.31. The van der Waals surface area contributed by atoms with Gasteiger partial charge in [-0.05, 0) is 19.4 Å². The quantitative estimate of drug-likeness (QED) is 0.368. The number of halogens is 3. The SMILES string of the molecule is CC(C)N(Cc1ccccc1)CC(/C(N)=N/O)C(F)(F)F. The first-order chi connectivity index (χ1) is 9.75. The van der Waals surface area contributed by atoms with E-state index >= 15 is 0 Å². The molecule has 0 saturated carbocycles. The topological polar surface area (TPSA) is 61.8 Å². The van der Waals surface area contributed by atoms with Crippen LogP contribution in [-0.2, 0) is 6.54 Å². The van der Waals surface area contributed by atoms with Crippen LogP contribution >= 0.6 is 0 Å². The number of amidine groups is 1. The van der Waals surface area contributed by atoms with E-state index in [1.54, 1.807) is 4.90 Å². The minimum absolute atomic E-state index is 0.110. The van der Waals surface area contributed by atoms with Gasteiger partial charge in [-0.1, -0.05) is 35.5 Å². The van der Waals surface area contributed by atoms with Gasteiger partial charge in [0.05, 0.1) is 0 Å². The fourth-order valence-electron chi connectivity index (χ4n) is 1.94. The fraction of sp³-hybridized carbons (Fsp3) is 0.500. The van der Waals surface area contributed by atoms with Gasteiger partial charge in [0.1, 0.15) is 5.92 Å². The number of hydrogen-bond acceptors (Lipinski definition) is 3. The summed E-state index contributed by atoms with van der Waals surface area (Å²) < 4.78 is 39.1. The van der Waals surface area contributed by atoms with Crippen molar-refractivity contribution < 1.29 is 18.4 Å². The molecule has 0 aliphatic heterocycles. The van der Waals surface area contributed by atoms with Gasteiger partial charge < -0.3 is 10.9 Å². The Hall–Kier alpha value is -1.76. The van der Waals surface area contributed by atoms with Crippen LogP contribution in [0.3, 0.4) is 0 Å². The van der Waals surface area contributed by atoms with Crippen molar-refractivity contribution in [3.63, 3.8) is 0 Å². The molecule has 0 aromatic heterocycles. The third kappa shape index (κ3) is 5.26. The van der Waals surface area contributed by atoms with Crippen LogP contribution in [0.4, 0.5) is 13.2 Å². The summed E-state index contributed by atoms with van der Waals surface area (Å²) in [6.45, 7) is 3.63. The summed E-state index contributed by atoms with van der Waals surface area (Å²) in [6, 6.07) is 9.10. The van der Waals surface area contributed by atoms with Gasteiger partial charge in [0.2, 0.25) is 0 Å². The monoisotopic (exact) mass is 303 g/mol. The predicted octanol–water partition coefficient (Wildman–Crippen LogP) is 2.82. The van der Waals surface area contributed by atoms with E-state index in [1.807, 2.05) is 44.2 Å². The van der Waals surface area contributed by atoms with Crippen molar-refractivity contribution >= 4 is 5.84 Å². The Morgan fingerprint density at radius 1 is 1.29 bits per heavy atom. The summed E-state index contributed by atoms with van der Waals surface area (Å²) >= 11 is 0. The maximum absolute atomic E-state index is 13.0. The molecular weight excluding hydrogens is 283 g/mol. The number of hydrogen-bond donors (Lipinski definition) is 2. The average molecular weight is 303 g/mol. The molecule has 1 atom stereocenters. The molecule has 0 spiro atoms. The second-order valence-corrected chi connectivity index (χ2v) is 5.13. The average Bonchev–Trinajstić information content (AvgIpc) is 2.42. The van der Waals surface area contributed by atoms with Gasteiger partial charge in [-0.3, -0.25) is 4.90 Å². The first-order valence-electron chi connectivity index (χ1n) is 6.57. The maximum Gasteiger partial charge on any atom is 0.400 e. The second-order valence-electron chi connectivity index (χ2n) is 5.13. The van der Waals surface area contributed by atoms with E-state index in [0.29, 0.717) is 6.54 Å². The summed E-state index contributed by atoms with van der Waals surface area (Å²) in [6.07, 6.45) is -4.56. The molecule has 0 radical (unpaired) electrons. The molecule has 7 heteroatoms. The molecule has 0 amide bonds. The third-order valence-corrected chi connectivity index (χ3v) is 3.24. The van der Waals surface area contributed by atoms with Gasteiger partial charge >= 0.3 is 6.18 Å². The summed E-state index contributed by atoms with van der Waals surface area (Å²) in [5.74, 6) is -2.81. The zero-order valence-electron chi connectivity index (χ0n) is 12.0. The Kier molecular flexibility index (Phi) is 6.02. The van der Waals surface area contributed by atoms with E-state index in [4.69, 9.17) is 10.9 Å². The highest BCUT2D eigenvalue weighted by atomic mass is 19.4. The van der Waals surface area contributed by atoms with Gasteiger partial charge in [0.15, 0.2) is 5.84 Å². The third-order valence-electron chi connectivity index (χ3n) is 3.24. The molecule has 4 nitrogen and oxygen atoms in total. The maximum atomic E-state index is 13.0. The van der Waals surface area contributed by atoms with E-state index < -0.39 is 17.9 Å². The lowest BCUT2D eigenvalue weighted by molar-refractivity contribution is -0.161. The first kappa shape index (κ1) is 17.3. The van der Waals surface area contributed by atoms with Gasteiger partial charge in [-0.2, -0.15) is 13.2 Å². The van der Waals surface area contributed by atoms with Crippen molar-refractivity contribution in [1.82, 2.24) is 4.90 Å². The first-order valence-corrected chi connectivity index (χ1v) is 6.57. The number of alkyl halides is 3. The second kappa shape index (κ2) is 7.31. The minimum atomic E-state index is -4.56. The summed E-state index contributed by atoms with van der Waals surface area (Å²) in [7, 11) is 0. The molecule has 0 aliphatic rings. The standard InChI is InChI=1S/C14H20F3N3O/c1-10(2)20(8-11-6-4-3-5-7-11)9-12(13(18)19-21)14(15,16)17/h3-7,10,12,21H,8-9H2,1-2H3,(H2,18,19). The van der Waals surface area contributed by atoms with Crippen molar-refractivity contribution in [2.75, 3.05) is 6.54 Å². The molecule has 21 heavy (non-hydrogen) atoms. The summed E-state index contributed by atoms with van der Waals surface area (Å²) in [5, 5.41) is 11.1. The number of nitrogens with two attached hydrogens (primary N) is 1. The largest absolute Gasteiger partial charge is 0.409 e. The van der Waals surface area contributed by atoms with Crippen molar-refractivity contribution in [1.29, 1.82) is 0 Å². The Bertz CT molecular complexity index is 460. The highest BCUT2D eigenvalue weighted by Crippen LogP contribution is 2.28. The van der Waals surface area contributed by atoms with E-state index in [2.05, 4.69) is 5.16 Å². The van der Waals surface area contributed by atoms with Crippen molar-refractivity contribution in [3.05, 3.63) is 35.9 Å². The van der Waals surface area contributed by atoms with Crippen molar-refractivity contribution in [2.24, 2.45) is 16.8 Å². The zero-order valence-corrected chi connectivity index (χ0v) is 12.0. The summed E-state index contributed by atoms with van der Waals surface area (Å²) in [4.78, 5) is 1.64. The van der Waals surface area contributed by atoms with Gasteiger partial charge in [-0.25, -0.2) is 0 Å². The van der Waals surface area contributed by atoms with Crippen LogP contribution in [0.2, 0.25) is 0 Å². The molecule has 1 rings (SSSR count). The number of nitrogens with zero attached hydrogens (tertiary/aromatic N) is 2. The fourth-order valence-corrected chi connectivity index (χ4v) is 1.94. The van der Waals surface area contributed by atoms with E-state index in [1.165, 1.54) is 0 Å². The van der Waals surface area contributed by atoms with Crippen LogP contribution in [0.25, 0.3) is 0 Å². The Morgan fingerprint density at radius 2 is 1.86 bits per heavy atom. The van der Waals surface area contributed by atoms with Crippen LogP contribution in [0.1, 0.15) is 19.4 Å². The Labute approximate surface area is 122 Å². The summed E-state index contributed by atoms with van der Waals surface area (Å²) in [5.41, 5.74) is 6.11. The molecule has 1 aromatic rings. The Morgan fingerprint density at radius 3 is 2.29 bits per heavy atom. The molecule has 0 aliphatic carbocycles. The number of benzene rings is 1. The van der Waals surface area contributed by atoms with Gasteiger partial charge in [0, 0.05) is 19.1 Å². The van der Waals surface area contributed by atoms with Crippen LogP contribution < -0.4 is 5.73 Å². The molecule has 0 fully saturated rings. The molecule has 3 N–H and O–H groups in total. The highest BCUT2D eigenvalue weighted by Gasteiger charge is 2.44. The molecule has 0 bridgehead atoms. The molecule has 1 aromatic carbocycles. The predicted molar refractivity (Wildman–Crippen MR) is 74.9 cm³/mol. The molecular formula is C14H20F3N3O. The normalized spacial score (nSPS) is 14.7. The van der Waals surface area contributed by atoms with Gasteiger partial charge in [0.25, 0.3) is 0 Å². The zero-order chi connectivity index (χ0) is 16.0. The minimum Gasteiger partial charge on any atom is -0.409 e. The lowest BCUT2D eigenvalue weighted by Crippen LogP contribution is -2.46. The van der Waals surface area contributed by atoms with Crippen molar-refractivity contribution in [2.45, 2.75) is 32.6 Å². The lowest BCUT2D eigenvalue weighted by atomic mass is 10.1. The van der Waals surface area contributed by atoms with E-state index in [0.717, 1.165) is 5.56 Å². The van der Waals surface area contributed by atoms with Crippen LogP contribution in [0.5, 0.6) is 0 Å². The van der Waals surface area contributed by atoms with Crippen LogP contribution in [0, 0.1) is 5.92 Å². The smallest absolute Gasteiger partial charge is 0.400 e.